The fourth-order valence-corrected chi connectivity index (χ4v) is 4.15. The zero-order valence-corrected chi connectivity index (χ0v) is 14.2. The van der Waals surface area contributed by atoms with Gasteiger partial charge in [-0.2, -0.15) is 0 Å². The molecule has 23 heavy (non-hydrogen) atoms. The van der Waals surface area contributed by atoms with Crippen LogP contribution in [0.4, 0.5) is 0 Å². The van der Waals surface area contributed by atoms with Crippen molar-refractivity contribution >= 4 is 17.6 Å². The van der Waals surface area contributed by atoms with Crippen LogP contribution in [0, 0.1) is 11.3 Å². The van der Waals surface area contributed by atoms with Crippen molar-refractivity contribution in [3.05, 3.63) is 23.8 Å². The average Bonchev–Trinajstić information content (AvgIpc) is 3.25. The van der Waals surface area contributed by atoms with Crippen molar-refractivity contribution in [3.63, 3.8) is 0 Å². The van der Waals surface area contributed by atoms with Crippen LogP contribution >= 0.6 is 11.6 Å². The molecule has 126 valence electrons. The molecule has 1 heterocycles. The van der Waals surface area contributed by atoms with E-state index < -0.39 is 22.4 Å². The Balaban J connectivity index is 2.02. The fourth-order valence-electron chi connectivity index (χ4n) is 3.54. The van der Waals surface area contributed by atoms with Crippen LogP contribution < -0.4 is 9.47 Å². The van der Waals surface area contributed by atoms with Crippen LogP contribution in [0.5, 0.6) is 11.5 Å². The van der Waals surface area contributed by atoms with Gasteiger partial charge in [0.05, 0.1) is 7.11 Å². The second-order valence-electron chi connectivity index (χ2n) is 6.53. The lowest BCUT2D eigenvalue weighted by atomic mass is 9.74. The molecule has 0 bridgehead atoms. The van der Waals surface area contributed by atoms with Crippen molar-refractivity contribution in [2.45, 2.75) is 37.7 Å². The van der Waals surface area contributed by atoms with E-state index in [2.05, 4.69) is 0 Å². The van der Waals surface area contributed by atoms with Gasteiger partial charge < -0.3 is 19.3 Å². The minimum absolute atomic E-state index is 0.141. The summed E-state index contributed by atoms with van der Waals surface area (Å²) in [6, 6.07) is 5.09. The topological polar surface area (TPSA) is 65.0 Å². The summed E-state index contributed by atoms with van der Waals surface area (Å²) < 4.78 is 15.6. The number of carbonyl (C=O) groups excluding carboxylic acids is 1. The van der Waals surface area contributed by atoms with E-state index in [4.69, 9.17) is 25.8 Å². The molecule has 1 N–H and O–H groups in total. The minimum Gasteiger partial charge on any atom is -0.468 e. The maximum Gasteiger partial charge on any atom is 0.330 e. The Hall–Kier alpha value is -1.46. The van der Waals surface area contributed by atoms with Gasteiger partial charge in [-0.05, 0) is 36.5 Å². The summed E-state index contributed by atoms with van der Waals surface area (Å²) in [6.07, 6.45) is 0.367. The molecule has 0 radical (unpaired) electrons. The Morgan fingerprint density at radius 1 is 1.35 bits per heavy atom. The van der Waals surface area contributed by atoms with Gasteiger partial charge in [0.15, 0.2) is 16.4 Å². The molecule has 1 aliphatic carbocycles. The number of hydrogen-bond acceptors (Lipinski definition) is 5. The van der Waals surface area contributed by atoms with Crippen LogP contribution in [0.1, 0.15) is 38.4 Å². The van der Waals surface area contributed by atoms with Gasteiger partial charge in [0.25, 0.3) is 0 Å². The summed E-state index contributed by atoms with van der Waals surface area (Å²) in [5.41, 5.74) is 0.0406. The Bertz CT molecular complexity index is 625. The molecule has 1 aliphatic heterocycles. The lowest BCUT2D eigenvalue weighted by Crippen LogP contribution is -2.50. The fraction of sp³-hybridized carbons (Fsp3) is 0.588. The van der Waals surface area contributed by atoms with Crippen molar-refractivity contribution in [2.24, 2.45) is 11.3 Å². The third-order valence-electron chi connectivity index (χ3n) is 5.19. The summed E-state index contributed by atoms with van der Waals surface area (Å²) in [6.45, 7) is 4.17. The van der Waals surface area contributed by atoms with Gasteiger partial charge >= 0.3 is 5.97 Å². The molecule has 0 amide bonds. The first kappa shape index (κ1) is 16.4. The highest BCUT2D eigenvalue weighted by Crippen LogP contribution is 2.65. The van der Waals surface area contributed by atoms with Crippen molar-refractivity contribution < 1.29 is 24.1 Å². The molecule has 0 saturated heterocycles. The van der Waals surface area contributed by atoms with Gasteiger partial charge in [0.1, 0.15) is 6.10 Å². The van der Waals surface area contributed by atoms with E-state index in [0.717, 1.165) is 12.8 Å². The number of alkyl halides is 1. The molecular formula is C17H21ClO5. The summed E-state index contributed by atoms with van der Waals surface area (Å²) in [7, 11) is 1.29. The number of methoxy groups -OCH3 is 1. The number of hydrogen-bond donors (Lipinski definition) is 1. The van der Waals surface area contributed by atoms with E-state index in [9.17, 15) is 9.90 Å². The van der Waals surface area contributed by atoms with Gasteiger partial charge in [-0.15, -0.1) is 11.6 Å². The van der Waals surface area contributed by atoms with Crippen molar-refractivity contribution in [1.29, 1.82) is 0 Å². The molecule has 0 aromatic heterocycles. The highest BCUT2D eigenvalue weighted by atomic mass is 35.5. The molecular weight excluding hydrogens is 320 g/mol. The third kappa shape index (κ3) is 2.29. The standard InChI is InChI=1S/C17H21ClO5/c1-10(2)16(6-7-16)17(18,15(20)21-3)14(19)11-4-5-12-13(8-11)23-9-22-12/h4-5,8,10,14,19H,6-7,9H2,1-3H3/t14-,17+/m0/s1. The second-order valence-corrected chi connectivity index (χ2v) is 7.13. The minimum atomic E-state index is -1.52. The number of carbonyl (C=O) groups is 1. The highest BCUT2D eigenvalue weighted by molar-refractivity contribution is 6.35. The van der Waals surface area contributed by atoms with Gasteiger partial charge in [0.2, 0.25) is 6.79 Å². The predicted octanol–water partition coefficient (Wildman–Crippen LogP) is 3.04. The van der Waals surface area contributed by atoms with E-state index in [1.165, 1.54) is 7.11 Å². The highest BCUT2D eigenvalue weighted by Gasteiger charge is 2.68. The maximum absolute atomic E-state index is 12.5. The van der Waals surface area contributed by atoms with Crippen LogP contribution in [-0.2, 0) is 9.53 Å². The largest absolute Gasteiger partial charge is 0.468 e. The molecule has 1 fully saturated rings. The van der Waals surface area contributed by atoms with Crippen molar-refractivity contribution in [3.8, 4) is 11.5 Å². The number of rotatable bonds is 5. The zero-order valence-electron chi connectivity index (χ0n) is 13.5. The van der Waals surface area contributed by atoms with Crippen LogP contribution in [0.25, 0.3) is 0 Å². The van der Waals surface area contributed by atoms with E-state index in [1.807, 2.05) is 13.8 Å². The van der Waals surface area contributed by atoms with E-state index in [1.54, 1.807) is 18.2 Å². The smallest absolute Gasteiger partial charge is 0.330 e. The van der Waals surface area contributed by atoms with E-state index >= 15 is 0 Å². The summed E-state index contributed by atoms with van der Waals surface area (Å²) in [4.78, 5) is 11.0. The molecule has 2 aliphatic rings. The normalized spacial score (nSPS) is 21.7. The number of fused-ring (bicyclic) bond motifs is 1. The van der Waals surface area contributed by atoms with E-state index in [-0.39, 0.29) is 12.7 Å². The van der Waals surface area contributed by atoms with Gasteiger partial charge in [-0.3, -0.25) is 4.79 Å². The Labute approximate surface area is 140 Å². The Morgan fingerprint density at radius 2 is 2.00 bits per heavy atom. The molecule has 0 unspecified atom stereocenters. The first-order valence-electron chi connectivity index (χ1n) is 7.72. The Morgan fingerprint density at radius 3 is 2.57 bits per heavy atom. The van der Waals surface area contributed by atoms with Crippen LogP contribution in [0.15, 0.2) is 18.2 Å². The lowest BCUT2D eigenvalue weighted by molar-refractivity contribution is -0.151. The molecule has 6 heteroatoms. The number of halogens is 1. The zero-order chi connectivity index (χ0) is 16.8. The summed E-state index contributed by atoms with van der Waals surface area (Å²) in [5.74, 6) is 0.697. The first-order chi connectivity index (χ1) is 10.9. The molecule has 0 spiro atoms. The van der Waals surface area contributed by atoms with Crippen molar-refractivity contribution in [2.75, 3.05) is 13.9 Å². The number of benzene rings is 1. The van der Waals surface area contributed by atoms with Gasteiger partial charge in [-0.1, -0.05) is 19.9 Å². The van der Waals surface area contributed by atoms with Crippen LogP contribution in [0.3, 0.4) is 0 Å². The molecule has 2 atom stereocenters. The maximum atomic E-state index is 12.5. The van der Waals surface area contributed by atoms with Crippen molar-refractivity contribution in [1.82, 2.24) is 0 Å². The number of aliphatic hydroxyl groups is 1. The predicted molar refractivity (Wildman–Crippen MR) is 84.6 cm³/mol. The summed E-state index contributed by atoms with van der Waals surface area (Å²) >= 11 is 6.78. The van der Waals surface area contributed by atoms with Crippen LogP contribution in [-0.4, -0.2) is 29.9 Å². The first-order valence-corrected chi connectivity index (χ1v) is 8.09. The Kier molecular flexibility index (Phi) is 3.97. The van der Waals surface area contributed by atoms with E-state index in [0.29, 0.717) is 17.1 Å². The second kappa shape index (κ2) is 5.56. The molecule has 1 saturated carbocycles. The number of esters is 1. The SMILES string of the molecule is COC(=O)[C@](Cl)([C@@H](O)c1ccc2c(c1)OCO2)C1(C(C)C)CC1. The molecule has 5 nitrogen and oxygen atoms in total. The number of ether oxygens (including phenoxy) is 3. The monoisotopic (exact) mass is 340 g/mol. The third-order valence-corrected chi connectivity index (χ3v) is 5.93. The lowest BCUT2D eigenvalue weighted by Gasteiger charge is -2.39. The number of aliphatic hydroxyl groups excluding tert-OH is 1. The van der Waals surface area contributed by atoms with Gasteiger partial charge in [0, 0.05) is 5.41 Å². The van der Waals surface area contributed by atoms with Gasteiger partial charge in [-0.25, -0.2) is 0 Å². The molecule has 1 aromatic rings. The molecule has 1 aromatic carbocycles. The van der Waals surface area contributed by atoms with Crippen LogP contribution in [0.2, 0.25) is 0 Å². The average molecular weight is 341 g/mol. The molecule has 3 rings (SSSR count). The summed E-state index contributed by atoms with van der Waals surface area (Å²) in [5, 5.41) is 11.0. The quantitative estimate of drug-likeness (QED) is 0.659.